The van der Waals surface area contributed by atoms with E-state index in [1.165, 1.54) is 6.07 Å². The van der Waals surface area contributed by atoms with Crippen LogP contribution in [0.3, 0.4) is 0 Å². The summed E-state index contributed by atoms with van der Waals surface area (Å²) in [6.07, 6.45) is 5.37. The summed E-state index contributed by atoms with van der Waals surface area (Å²) in [5, 5.41) is 15.5. The van der Waals surface area contributed by atoms with Crippen molar-refractivity contribution in [2.75, 3.05) is 5.32 Å². The number of fused-ring (bicyclic) bond motifs is 1. The van der Waals surface area contributed by atoms with Gasteiger partial charge in [0.05, 0.1) is 17.1 Å². The van der Waals surface area contributed by atoms with Crippen LogP contribution in [-0.4, -0.2) is 17.1 Å². The van der Waals surface area contributed by atoms with Gasteiger partial charge in [-0.05, 0) is 85.7 Å². The van der Waals surface area contributed by atoms with Crippen molar-refractivity contribution in [2.24, 2.45) is 0 Å². The summed E-state index contributed by atoms with van der Waals surface area (Å²) in [5.74, 6) is 0.0866. The Labute approximate surface area is 168 Å². The van der Waals surface area contributed by atoms with E-state index in [0.29, 0.717) is 17.2 Å². The van der Waals surface area contributed by atoms with Crippen LogP contribution >= 0.6 is 0 Å². The van der Waals surface area contributed by atoms with Crippen LogP contribution in [0.15, 0.2) is 54.7 Å². The number of aromatic nitrogens is 1. The van der Waals surface area contributed by atoms with Gasteiger partial charge >= 0.3 is 6.03 Å². The van der Waals surface area contributed by atoms with Crippen molar-refractivity contribution < 1.29 is 9.18 Å². The minimum absolute atomic E-state index is 0.106. The number of anilines is 1. The van der Waals surface area contributed by atoms with E-state index in [1.54, 1.807) is 42.6 Å². The van der Waals surface area contributed by atoms with Crippen LogP contribution < -0.4 is 10.6 Å². The number of amides is 2. The number of halogens is 1. The highest BCUT2D eigenvalue weighted by molar-refractivity contribution is 5.89. The molecule has 0 aliphatic heterocycles. The van der Waals surface area contributed by atoms with Crippen molar-refractivity contribution in [3.8, 4) is 6.07 Å². The van der Waals surface area contributed by atoms with E-state index in [-0.39, 0.29) is 17.9 Å². The number of carbonyl (C=O) groups is 1. The molecular formula is C23H21FN4O. The van der Waals surface area contributed by atoms with E-state index in [0.717, 1.165) is 42.1 Å². The Bertz CT molecular complexity index is 1070. The maximum Gasteiger partial charge on any atom is 0.319 e. The zero-order chi connectivity index (χ0) is 20.2. The van der Waals surface area contributed by atoms with Crippen molar-refractivity contribution in [3.63, 3.8) is 0 Å². The third kappa shape index (κ3) is 4.35. The smallest absolute Gasteiger partial charge is 0.319 e. The molecule has 1 saturated carbocycles. The van der Waals surface area contributed by atoms with Gasteiger partial charge in [0.2, 0.25) is 0 Å². The van der Waals surface area contributed by atoms with Gasteiger partial charge in [-0.1, -0.05) is 0 Å². The minimum Gasteiger partial charge on any atom is -0.335 e. The van der Waals surface area contributed by atoms with E-state index >= 15 is 0 Å². The van der Waals surface area contributed by atoms with E-state index in [9.17, 15) is 9.18 Å². The van der Waals surface area contributed by atoms with Gasteiger partial charge in [0.1, 0.15) is 5.82 Å². The monoisotopic (exact) mass is 388 g/mol. The quantitative estimate of drug-likeness (QED) is 0.656. The topological polar surface area (TPSA) is 77.8 Å². The standard InChI is InChI=1S/C23H21FN4O/c24-17-5-10-22-21(13-17)20(11-12-26-22)16-3-8-19(9-4-16)28-23(29)27-18-6-1-15(14-25)2-7-18/h1-2,5-7,10-13,16,19H,3-4,8-9H2,(H2,27,28,29). The first-order chi connectivity index (χ1) is 14.1. The lowest BCUT2D eigenvalue weighted by molar-refractivity contribution is 0.242. The summed E-state index contributed by atoms with van der Waals surface area (Å²) < 4.78 is 13.7. The molecule has 4 rings (SSSR count). The number of hydrogen-bond donors (Lipinski definition) is 2. The van der Waals surface area contributed by atoms with Crippen molar-refractivity contribution in [3.05, 3.63) is 71.7 Å². The van der Waals surface area contributed by atoms with Gasteiger partial charge in [-0.2, -0.15) is 5.26 Å². The molecular weight excluding hydrogens is 367 g/mol. The van der Waals surface area contributed by atoms with Gasteiger partial charge in [-0.3, -0.25) is 4.98 Å². The lowest BCUT2D eigenvalue weighted by Crippen LogP contribution is -2.39. The second-order valence-corrected chi connectivity index (χ2v) is 7.40. The molecule has 146 valence electrons. The Morgan fingerprint density at radius 1 is 1.07 bits per heavy atom. The van der Waals surface area contributed by atoms with E-state index < -0.39 is 0 Å². The summed E-state index contributed by atoms with van der Waals surface area (Å²) in [6.45, 7) is 0. The number of urea groups is 1. The SMILES string of the molecule is N#Cc1ccc(NC(=O)NC2CCC(c3ccnc4ccc(F)cc34)CC2)cc1. The van der Waals surface area contributed by atoms with Crippen molar-refractivity contribution in [2.45, 2.75) is 37.6 Å². The fourth-order valence-electron chi connectivity index (χ4n) is 4.03. The van der Waals surface area contributed by atoms with Gasteiger partial charge in [-0.15, -0.1) is 0 Å². The highest BCUT2D eigenvalue weighted by Crippen LogP contribution is 2.36. The third-order valence-corrected chi connectivity index (χ3v) is 5.51. The lowest BCUT2D eigenvalue weighted by atomic mass is 9.80. The Morgan fingerprint density at radius 2 is 1.83 bits per heavy atom. The van der Waals surface area contributed by atoms with Gasteiger partial charge < -0.3 is 10.6 Å². The molecule has 1 aromatic heterocycles. The zero-order valence-corrected chi connectivity index (χ0v) is 15.9. The van der Waals surface area contributed by atoms with E-state index in [2.05, 4.69) is 21.7 Å². The molecule has 1 heterocycles. The third-order valence-electron chi connectivity index (χ3n) is 5.51. The zero-order valence-electron chi connectivity index (χ0n) is 15.9. The van der Waals surface area contributed by atoms with E-state index in [1.807, 2.05) is 6.07 Å². The molecule has 6 heteroatoms. The van der Waals surface area contributed by atoms with Crippen LogP contribution in [0.4, 0.5) is 14.9 Å². The molecule has 3 aromatic rings. The molecule has 5 nitrogen and oxygen atoms in total. The van der Waals surface area contributed by atoms with Gasteiger partial charge in [-0.25, -0.2) is 9.18 Å². The first-order valence-electron chi connectivity index (χ1n) is 9.74. The van der Waals surface area contributed by atoms with Crippen LogP contribution in [0.1, 0.15) is 42.7 Å². The van der Waals surface area contributed by atoms with Crippen LogP contribution in [0.5, 0.6) is 0 Å². The van der Waals surface area contributed by atoms with Crippen LogP contribution in [0.25, 0.3) is 10.9 Å². The van der Waals surface area contributed by atoms with E-state index in [4.69, 9.17) is 5.26 Å². The summed E-state index contributed by atoms with van der Waals surface area (Å²) in [5.41, 5.74) is 3.15. The largest absolute Gasteiger partial charge is 0.335 e. The van der Waals surface area contributed by atoms with Crippen molar-refractivity contribution in [1.29, 1.82) is 5.26 Å². The number of hydrogen-bond acceptors (Lipinski definition) is 3. The summed E-state index contributed by atoms with van der Waals surface area (Å²) in [4.78, 5) is 16.6. The average molecular weight is 388 g/mol. The highest BCUT2D eigenvalue weighted by Gasteiger charge is 2.25. The first-order valence-corrected chi connectivity index (χ1v) is 9.74. The Morgan fingerprint density at radius 3 is 2.55 bits per heavy atom. The molecule has 29 heavy (non-hydrogen) atoms. The minimum atomic E-state index is -0.249. The fraction of sp³-hybridized carbons (Fsp3) is 0.261. The second-order valence-electron chi connectivity index (χ2n) is 7.40. The molecule has 0 bridgehead atoms. The number of rotatable bonds is 3. The predicted octanol–water partition coefficient (Wildman–Crippen LogP) is 5.09. The average Bonchev–Trinajstić information content (AvgIpc) is 2.74. The summed E-state index contributed by atoms with van der Waals surface area (Å²) in [7, 11) is 0. The molecule has 2 N–H and O–H groups in total. The Kier molecular flexibility index (Phi) is 5.39. The number of carbonyl (C=O) groups excluding carboxylic acids is 1. The molecule has 0 atom stereocenters. The molecule has 1 fully saturated rings. The summed E-state index contributed by atoms with van der Waals surface area (Å²) in [6, 6.07) is 15.4. The molecule has 1 aliphatic carbocycles. The Hall–Kier alpha value is -3.46. The maximum atomic E-state index is 13.7. The second kappa shape index (κ2) is 8.27. The molecule has 0 unspecified atom stereocenters. The van der Waals surface area contributed by atoms with Gasteiger partial charge in [0.15, 0.2) is 0 Å². The maximum absolute atomic E-state index is 13.7. The van der Waals surface area contributed by atoms with Crippen molar-refractivity contribution in [1.82, 2.24) is 10.3 Å². The van der Waals surface area contributed by atoms with Crippen LogP contribution in [0.2, 0.25) is 0 Å². The molecule has 1 aliphatic rings. The van der Waals surface area contributed by atoms with Gasteiger partial charge in [0, 0.05) is 23.3 Å². The molecule has 2 amide bonds. The predicted molar refractivity (Wildman–Crippen MR) is 110 cm³/mol. The molecule has 0 saturated heterocycles. The number of pyridine rings is 1. The summed E-state index contributed by atoms with van der Waals surface area (Å²) >= 11 is 0. The fourth-order valence-corrected chi connectivity index (χ4v) is 4.03. The molecule has 0 radical (unpaired) electrons. The van der Waals surface area contributed by atoms with Gasteiger partial charge in [0.25, 0.3) is 0 Å². The lowest BCUT2D eigenvalue weighted by Gasteiger charge is -2.30. The normalized spacial score (nSPS) is 18.8. The Balaban J connectivity index is 1.35. The van der Waals surface area contributed by atoms with Crippen molar-refractivity contribution >= 4 is 22.6 Å². The number of nitriles is 1. The number of benzene rings is 2. The molecule has 0 spiro atoms. The van der Waals surface area contributed by atoms with Crippen LogP contribution in [-0.2, 0) is 0 Å². The number of nitrogens with zero attached hydrogens (tertiary/aromatic N) is 2. The number of nitrogens with one attached hydrogen (secondary N) is 2. The van der Waals surface area contributed by atoms with Crippen LogP contribution in [0, 0.1) is 17.1 Å². The molecule has 2 aromatic carbocycles. The highest BCUT2D eigenvalue weighted by atomic mass is 19.1. The first kappa shape index (κ1) is 18.9.